The maximum atomic E-state index is 5.58. The summed E-state index contributed by atoms with van der Waals surface area (Å²) in [5, 5.41) is 1.86. The van der Waals surface area contributed by atoms with E-state index >= 15 is 0 Å². The van der Waals surface area contributed by atoms with Crippen molar-refractivity contribution in [3.05, 3.63) is 10.9 Å². The maximum Gasteiger partial charge on any atom is 0.224 e. The van der Waals surface area contributed by atoms with Gasteiger partial charge in [-0.1, -0.05) is 0 Å². The molecule has 0 amide bonds. The van der Waals surface area contributed by atoms with Crippen molar-refractivity contribution in [3.8, 4) is 5.88 Å². The van der Waals surface area contributed by atoms with Crippen molar-refractivity contribution in [3.63, 3.8) is 0 Å². The second kappa shape index (κ2) is 3.84. The standard InChI is InChI=1S/C9H13NO3S/c1-9(2)12-4-7(13-9)3-11-8-5-14-6-10-8/h5-7H,3-4H2,1-2H3/t7-/m0/s1. The van der Waals surface area contributed by atoms with Crippen LogP contribution in [0.1, 0.15) is 13.8 Å². The van der Waals surface area contributed by atoms with Crippen molar-refractivity contribution in [1.29, 1.82) is 0 Å². The van der Waals surface area contributed by atoms with E-state index in [0.717, 1.165) is 0 Å². The molecule has 0 saturated carbocycles. The lowest BCUT2D eigenvalue weighted by atomic mass is 10.4. The van der Waals surface area contributed by atoms with E-state index in [2.05, 4.69) is 4.98 Å². The molecule has 1 atom stereocenters. The zero-order valence-corrected chi connectivity index (χ0v) is 9.04. The van der Waals surface area contributed by atoms with Crippen LogP contribution in [0.5, 0.6) is 5.88 Å². The van der Waals surface area contributed by atoms with Gasteiger partial charge in [-0.3, -0.25) is 0 Å². The van der Waals surface area contributed by atoms with Crippen LogP contribution in [0.2, 0.25) is 0 Å². The second-order valence-corrected chi connectivity index (χ2v) is 4.31. The lowest BCUT2D eigenvalue weighted by Gasteiger charge is -2.16. The molecule has 1 saturated heterocycles. The fourth-order valence-corrected chi connectivity index (χ4v) is 1.77. The van der Waals surface area contributed by atoms with Crippen LogP contribution in [0.25, 0.3) is 0 Å². The minimum absolute atomic E-state index is 0.00620. The van der Waals surface area contributed by atoms with Crippen molar-refractivity contribution in [2.24, 2.45) is 0 Å². The Kier molecular flexibility index (Phi) is 2.71. The molecule has 1 fully saturated rings. The van der Waals surface area contributed by atoms with Gasteiger partial charge < -0.3 is 14.2 Å². The Morgan fingerprint density at radius 1 is 1.71 bits per heavy atom. The third kappa shape index (κ3) is 2.43. The summed E-state index contributed by atoms with van der Waals surface area (Å²) in [5.74, 6) is 0.180. The molecule has 1 aromatic heterocycles. The summed E-state index contributed by atoms with van der Waals surface area (Å²) in [7, 11) is 0. The van der Waals surface area contributed by atoms with E-state index in [0.29, 0.717) is 19.1 Å². The summed E-state index contributed by atoms with van der Waals surface area (Å²) in [5.41, 5.74) is 1.74. The van der Waals surface area contributed by atoms with E-state index in [1.54, 1.807) is 5.51 Å². The average Bonchev–Trinajstić information content (AvgIpc) is 2.70. The summed E-state index contributed by atoms with van der Waals surface area (Å²) in [6.45, 7) is 4.87. The van der Waals surface area contributed by atoms with Crippen LogP contribution in [0.3, 0.4) is 0 Å². The zero-order chi connectivity index (χ0) is 10.0. The van der Waals surface area contributed by atoms with E-state index < -0.39 is 5.79 Å². The van der Waals surface area contributed by atoms with Gasteiger partial charge in [-0.15, -0.1) is 11.3 Å². The zero-order valence-electron chi connectivity index (χ0n) is 8.23. The molecule has 0 aliphatic carbocycles. The van der Waals surface area contributed by atoms with E-state index in [4.69, 9.17) is 14.2 Å². The largest absolute Gasteiger partial charge is 0.474 e. The third-order valence-corrected chi connectivity index (χ3v) is 2.46. The SMILES string of the molecule is CC1(C)OC[C@H](COc2cscn2)O1. The Labute approximate surface area is 86.8 Å². The molecule has 2 rings (SSSR count). The first-order valence-electron chi connectivity index (χ1n) is 4.48. The summed E-state index contributed by atoms with van der Waals surface area (Å²) in [4.78, 5) is 4.01. The molecule has 2 heterocycles. The lowest BCUT2D eigenvalue weighted by Crippen LogP contribution is -2.25. The van der Waals surface area contributed by atoms with Gasteiger partial charge >= 0.3 is 0 Å². The molecule has 1 aliphatic heterocycles. The number of hydrogen-bond acceptors (Lipinski definition) is 5. The van der Waals surface area contributed by atoms with Gasteiger partial charge in [-0.05, 0) is 13.8 Å². The highest BCUT2D eigenvalue weighted by molar-refractivity contribution is 7.07. The topological polar surface area (TPSA) is 40.6 Å². The van der Waals surface area contributed by atoms with E-state index in [1.165, 1.54) is 11.3 Å². The van der Waals surface area contributed by atoms with Crippen molar-refractivity contribution >= 4 is 11.3 Å². The van der Waals surface area contributed by atoms with Crippen LogP contribution in [0, 0.1) is 0 Å². The highest BCUT2D eigenvalue weighted by Gasteiger charge is 2.32. The highest BCUT2D eigenvalue weighted by atomic mass is 32.1. The molecular weight excluding hydrogens is 202 g/mol. The van der Waals surface area contributed by atoms with Gasteiger partial charge in [0.1, 0.15) is 12.7 Å². The Balaban J connectivity index is 1.78. The van der Waals surface area contributed by atoms with Crippen LogP contribution < -0.4 is 4.74 Å². The predicted octanol–water partition coefficient (Wildman–Crippen LogP) is 1.67. The minimum atomic E-state index is -0.476. The molecule has 0 unspecified atom stereocenters. The van der Waals surface area contributed by atoms with Crippen LogP contribution in [0.15, 0.2) is 10.9 Å². The molecule has 0 radical (unpaired) electrons. The van der Waals surface area contributed by atoms with Gasteiger partial charge in [0.05, 0.1) is 17.5 Å². The summed E-state index contributed by atoms with van der Waals surface area (Å²) >= 11 is 1.51. The quantitative estimate of drug-likeness (QED) is 0.769. The molecule has 0 bridgehead atoms. The Morgan fingerprint density at radius 3 is 3.14 bits per heavy atom. The number of rotatable bonds is 3. The van der Waals surface area contributed by atoms with Crippen molar-refractivity contribution in [2.45, 2.75) is 25.7 Å². The van der Waals surface area contributed by atoms with Crippen molar-refractivity contribution < 1.29 is 14.2 Å². The lowest BCUT2D eigenvalue weighted by molar-refractivity contribution is -0.141. The second-order valence-electron chi connectivity index (χ2n) is 3.59. The van der Waals surface area contributed by atoms with Gasteiger partial charge in [-0.2, -0.15) is 0 Å². The first-order valence-corrected chi connectivity index (χ1v) is 5.43. The van der Waals surface area contributed by atoms with Gasteiger partial charge in [0, 0.05) is 0 Å². The van der Waals surface area contributed by atoms with Crippen LogP contribution >= 0.6 is 11.3 Å². The van der Waals surface area contributed by atoms with E-state index in [1.807, 2.05) is 19.2 Å². The predicted molar refractivity (Wildman–Crippen MR) is 52.5 cm³/mol. The van der Waals surface area contributed by atoms with Crippen LogP contribution in [-0.2, 0) is 9.47 Å². The monoisotopic (exact) mass is 215 g/mol. The molecule has 78 valence electrons. The van der Waals surface area contributed by atoms with E-state index in [-0.39, 0.29) is 6.10 Å². The molecule has 0 spiro atoms. The van der Waals surface area contributed by atoms with E-state index in [9.17, 15) is 0 Å². The van der Waals surface area contributed by atoms with Crippen molar-refractivity contribution in [2.75, 3.05) is 13.2 Å². The molecule has 14 heavy (non-hydrogen) atoms. The number of ether oxygens (including phenoxy) is 3. The average molecular weight is 215 g/mol. The van der Waals surface area contributed by atoms with Gasteiger partial charge in [0.25, 0.3) is 0 Å². The highest BCUT2D eigenvalue weighted by Crippen LogP contribution is 2.22. The summed E-state index contributed by atoms with van der Waals surface area (Å²) in [6, 6.07) is 0. The smallest absolute Gasteiger partial charge is 0.224 e. The van der Waals surface area contributed by atoms with Crippen LogP contribution in [-0.4, -0.2) is 30.1 Å². The molecule has 5 heteroatoms. The Morgan fingerprint density at radius 2 is 2.57 bits per heavy atom. The first kappa shape index (κ1) is 9.89. The number of aromatic nitrogens is 1. The molecule has 4 nitrogen and oxygen atoms in total. The van der Waals surface area contributed by atoms with Crippen LogP contribution in [0.4, 0.5) is 0 Å². The Bertz CT molecular complexity index is 286. The normalized spacial score (nSPS) is 25.1. The third-order valence-electron chi connectivity index (χ3n) is 1.89. The number of nitrogens with zero attached hydrogens (tertiary/aromatic N) is 1. The number of hydrogen-bond donors (Lipinski definition) is 0. The van der Waals surface area contributed by atoms with Gasteiger partial charge in [-0.25, -0.2) is 4.98 Å². The Hall–Kier alpha value is -0.650. The molecule has 1 aromatic rings. The van der Waals surface area contributed by atoms with Crippen molar-refractivity contribution in [1.82, 2.24) is 4.98 Å². The first-order chi connectivity index (χ1) is 6.66. The maximum absolute atomic E-state index is 5.58. The number of thiazole rings is 1. The minimum Gasteiger partial charge on any atom is -0.474 e. The summed E-state index contributed by atoms with van der Waals surface area (Å²) in [6.07, 6.45) is 0.00620. The molecule has 0 aromatic carbocycles. The fourth-order valence-electron chi connectivity index (χ4n) is 1.30. The molecule has 1 aliphatic rings. The van der Waals surface area contributed by atoms with Gasteiger partial charge in [0.15, 0.2) is 5.79 Å². The fraction of sp³-hybridized carbons (Fsp3) is 0.667. The molecule has 0 N–H and O–H groups in total. The van der Waals surface area contributed by atoms with Gasteiger partial charge in [0.2, 0.25) is 5.88 Å². The summed E-state index contributed by atoms with van der Waals surface area (Å²) < 4.78 is 16.4. The molecular formula is C9H13NO3S.